The lowest BCUT2D eigenvalue weighted by Gasteiger charge is -2.30. The Kier molecular flexibility index (Phi) is 13.9. The van der Waals surface area contributed by atoms with Crippen LogP contribution in [0.25, 0.3) is 0 Å². The molecule has 0 saturated carbocycles. The summed E-state index contributed by atoms with van der Waals surface area (Å²) < 4.78 is 9.65. The Morgan fingerprint density at radius 2 is 1.74 bits per heavy atom. The maximum absolute atomic E-state index is 12.3. The summed E-state index contributed by atoms with van der Waals surface area (Å²) in [6.45, 7) is 7.43. The van der Waals surface area contributed by atoms with Crippen molar-refractivity contribution in [2.24, 2.45) is 5.16 Å². The van der Waals surface area contributed by atoms with Gasteiger partial charge in [-0.15, -0.1) is 0 Å². The summed E-state index contributed by atoms with van der Waals surface area (Å²) in [5.41, 5.74) is 2.06. The molecule has 1 unspecified atom stereocenters. The molecule has 0 aliphatic carbocycles. The molecular weight excluding hydrogens is 446 g/mol. The van der Waals surface area contributed by atoms with Crippen LogP contribution in [0.15, 0.2) is 23.4 Å². The summed E-state index contributed by atoms with van der Waals surface area (Å²) in [5.74, 6) is -1.64. The molecule has 34 heavy (non-hydrogen) atoms. The summed E-state index contributed by atoms with van der Waals surface area (Å²) in [6, 6.07) is 5.81. The quantitative estimate of drug-likeness (QED) is 0.321. The standard InChI is InChI=1S/C15H21NO4.C7H10N4O3/c1-10-7-6-8-11(2)14(10)16(13(17)9-19-4)12(3)15(18)20-5;1-3-9-7(13)10-6(12)5(4-8)11-14-2/h6-8,12H,9H2,1-5H3;3H2,1-2H3,(H2,9,10,12,13)/b;11-5+. The number of urea groups is 1. The maximum atomic E-state index is 12.3. The molecular formula is C22H31N5O7. The second-order valence-electron chi connectivity index (χ2n) is 6.68. The Balaban J connectivity index is 0.000000686. The number of ether oxygens (including phenoxy) is 2. The van der Waals surface area contributed by atoms with Gasteiger partial charge in [0.2, 0.25) is 5.71 Å². The Morgan fingerprint density at radius 3 is 2.18 bits per heavy atom. The van der Waals surface area contributed by atoms with E-state index in [-0.39, 0.29) is 12.5 Å². The highest BCUT2D eigenvalue weighted by molar-refractivity contribution is 6.46. The number of aryl methyl sites for hydroxylation is 2. The first-order chi connectivity index (χ1) is 16.1. The van der Waals surface area contributed by atoms with Crippen molar-refractivity contribution in [2.75, 3.05) is 39.4 Å². The van der Waals surface area contributed by atoms with Crippen molar-refractivity contribution < 1.29 is 33.5 Å². The fourth-order valence-corrected chi connectivity index (χ4v) is 2.76. The van der Waals surface area contributed by atoms with Crippen molar-refractivity contribution in [2.45, 2.75) is 33.7 Å². The number of oxime groups is 1. The van der Waals surface area contributed by atoms with E-state index in [4.69, 9.17) is 14.7 Å². The number of hydrogen-bond donors (Lipinski definition) is 2. The minimum absolute atomic E-state index is 0.0882. The Labute approximate surface area is 198 Å². The molecule has 0 aromatic heterocycles. The van der Waals surface area contributed by atoms with E-state index in [1.807, 2.05) is 37.4 Å². The van der Waals surface area contributed by atoms with E-state index in [2.05, 4.69) is 15.3 Å². The number of nitrogens with one attached hydrogen (secondary N) is 2. The van der Waals surface area contributed by atoms with Crippen LogP contribution in [0, 0.1) is 25.2 Å². The summed E-state index contributed by atoms with van der Waals surface area (Å²) in [5, 5.41) is 15.8. The van der Waals surface area contributed by atoms with Crippen LogP contribution in [0.2, 0.25) is 0 Å². The Bertz CT molecular complexity index is 920. The van der Waals surface area contributed by atoms with E-state index >= 15 is 0 Å². The molecule has 1 atom stereocenters. The molecule has 0 fully saturated rings. The van der Waals surface area contributed by atoms with E-state index in [9.17, 15) is 19.2 Å². The first-order valence-corrected chi connectivity index (χ1v) is 10.1. The van der Waals surface area contributed by atoms with Gasteiger partial charge in [-0.3, -0.25) is 19.8 Å². The number of nitrogens with zero attached hydrogens (tertiary/aromatic N) is 3. The molecule has 0 heterocycles. The second kappa shape index (κ2) is 15.8. The number of amides is 4. The molecule has 2 N–H and O–H groups in total. The van der Waals surface area contributed by atoms with Gasteiger partial charge in [0.15, 0.2) is 0 Å². The molecule has 186 valence electrons. The molecule has 0 spiro atoms. The van der Waals surface area contributed by atoms with Crippen LogP contribution in [0.4, 0.5) is 10.5 Å². The number of carbonyl (C=O) groups is 4. The predicted octanol–water partition coefficient (Wildman–Crippen LogP) is 1.20. The number of hydrogen-bond acceptors (Lipinski definition) is 9. The van der Waals surface area contributed by atoms with Crippen molar-refractivity contribution in [1.82, 2.24) is 10.6 Å². The number of rotatable bonds is 8. The number of benzene rings is 1. The monoisotopic (exact) mass is 477 g/mol. The SMILES string of the molecule is CCNC(=O)NC(=O)/C(C#N)=N/OC.COCC(=O)N(c1c(C)cccc1C)C(C)C(=O)OC. The summed E-state index contributed by atoms with van der Waals surface area (Å²) in [4.78, 5) is 51.7. The number of methoxy groups -OCH3 is 2. The lowest BCUT2D eigenvalue weighted by molar-refractivity contribution is -0.143. The zero-order chi connectivity index (χ0) is 26.3. The van der Waals surface area contributed by atoms with Gasteiger partial charge in [-0.25, -0.2) is 9.59 Å². The highest BCUT2D eigenvalue weighted by Crippen LogP contribution is 2.27. The predicted molar refractivity (Wildman–Crippen MR) is 124 cm³/mol. The number of para-hydroxylation sites is 1. The van der Waals surface area contributed by atoms with E-state index in [1.165, 1.54) is 32.3 Å². The van der Waals surface area contributed by atoms with Gasteiger partial charge in [0.1, 0.15) is 25.8 Å². The molecule has 1 aromatic carbocycles. The lowest BCUT2D eigenvalue weighted by atomic mass is 10.1. The molecule has 12 heteroatoms. The van der Waals surface area contributed by atoms with E-state index in [0.29, 0.717) is 6.54 Å². The molecule has 0 saturated heterocycles. The number of anilines is 1. The van der Waals surface area contributed by atoms with Crippen LogP contribution >= 0.6 is 0 Å². The molecule has 0 aliphatic rings. The highest BCUT2D eigenvalue weighted by Gasteiger charge is 2.29. The largest absolute Gasteiger partial charge is 0.467 e. The molecule has 1 rings (SSSR count). The van der Waals surface area contributed by atoms with E-state index < -0.39 is 29.7 Å². The van der Waals surface area contributed by atoms with Gasteiger partial charge >= 0.3 is 12.0 Å². The topological polar surface area (TPSA) is 159 Å². The first-order valence-electron chi connectivity index (χ1n) is 10.1. The van der Waals surface area contributed by atoms with Gasteiger partial charge in [0.05, 0.1) is 12.8 Å². The average Bonchev–Trinajstić information content (AvgIpc) is 2.79. The third-order valence-electron chi connectivity index (χ3n) is 4.21. The Morgan fingerprint density at radius 1 is 1.15 bits per heavy atom. The smallest absolute Gasteiger partial charge is 0.328 e. The zero-order valence-corrected chi connectivity index (χ0v) is 20.4. The van der Waals surface area contributed by atoms with Gasteiger partial charge in [0.25, 0.3) is 11.8 Å². The molecule has 0 radical (unpaired) electrons. The Hall–Kier alpha value is -3.98. The normalized spacial score (nSPS) is 11.1. The summed E-state index contributed by atoms with van der Waals surface area (Å²) in [7, 11) is 3.95. The van der Waals surface area contributed by atoms with Gasteiger partial charge in [-0.05, 0) is 38.8 Å². The molecule has 1 aromatic rings. The van der Waals surface area contributed by atoms with Crippen molar-refractivity contribution in [3.05, 3.63) is 29.3 Å². The van der Waals surface area contributed by atoms with Crippen LogP contribution in [-0.2, 0) is 28.7 Å². The van der Waals surface area contributed by atoms with Gasteiger partial charge in [-0.2, -0.15) is 5.26 Å². The number of esters is 1. The average molecular weight is 478 g/mol. The summed E-state index contributed by atoms with van der Waals surface area (Å²) >= 11 is 0. The van der Waals surface area contributed by atoms with Gasteiger partial charge in [0, 0.05) is 13.7 Å². The molecule has 0 bridgehead atoms. The third-order valence-corrected chi connectivity index (χ3v) is 4.21. The highest BCUT2D eigenvalue weighted by atomic mass is 16.6. The van der Waals surface area contributed by atoms with Crippen molar-refractivity contribution >= 4 is 35.2 Å². The lowest BCUT2D eigenvalue weighted by Crippen LogP contribution is -2.46. The number of carbonyl (C=O) groups excluding carboxylic acids is 4. The summed E-state index contributed by atoms with van der Waals surface area (Å²) in [6.07, 6.45) is 0. The van der Waals surface area contributed by atoms with Crippen LogP contribution in [0.1, 0.15) is 25.0 Å². The van der Waals surface area contributed by atoms with Crippen molar-refractivity contribution in [1.29, 1.82) is 5.26 Å². The van der Waals surface area contributed by atoms with Gasteiger partial charge < -0.3 is 19.6 Å². The van der Waals surface area contributed by atoms with E-state index in [1.54, 1.807) is 13.8 Å². The first kappa shape index (κ1) is 30.0. The fourth-order valence-electron chi connectivity index (χ4n) is 2.76. The fraction of sp³-hybridized carbons (Fsp3) is 0.455. The van der Waals surface area contributed by atoms with Gasteiger partial charge in [-0.1, -0.05) is 23.4 Å². The van der Waals surface area contributed by atoms with Crippen LogP contribution in [-0.4, -0.2) is 70.0 Å². The van der Waals surface area contributed by atoms with Crippen molar-refractivity contribution in [3.63, 3.8) is 0 Å². The molecule has 4 amide bonds. The number of nitriles is 1. The second-order valence-corrected chi connectivity index (χ2v) is 6.68. The zero-order valence-electron chi connectivity index (χ0n) is 20.4. The van der Waals surface area contributed by atoms with Crippen LogP contribution in [0.5, 0.6) is 0 Å². The van der Waals surface area contributed by atoms with Crippen molar-refractivity contribution in [3.8, 4) is 6.07 Å². The molecule has 12 nitrogen and oxygen atoms in total. The van der Waals surface area contributed by atoms with Crippen LogP contribution in [0.3, 0.4) is 0 Å². The number of imide groups is 1. The molecule has 0 aliphatic heterocycles. The minimum Gasteiger partial charge on any atom is -0.467 e. The van der Waals surface area contributed by atoms with E-state index in [0.717, 1.165) is 16.8 Å². The van der Waals surface area contributed by atoms with Crippen LogP contribution < -0.4 is 15.5 Å². The third kappa shape index (κ3) is 9.25. The minimum atomic E-state index is -0.903. The maximum Gasteiger partial charge on any atom is 0.328 e.